The molecule has 0 saturated heterocycles. The fourth-order valence-electron chi connectivity index (χ4n) is 1.59. The Labute approximate surface area is 121 Å². The highest BCUT2D eigenvalue weighted by atomic mass is 19.2. The first kappa shape index (κ1) is 17.0. The molecule has 5 nitrogen and oxygen atoms in total. The van der Waals surface area contributed by atoms with Gasteiger partial charge in [-0.2, -0.15) is 0 Å². The molecular weight excluding hydrogens is 282 g/mol. The van der Waals surface area contributed by atoms with Crippen LogP contribution in [0, 0.1) is 17.0 Å². The van der Waals surface area contributed by atoms with Crippen molar-refractivity contribution in [1.29, 1.82) is 0 Å². The molecule has 21 heavy (non-hydrogen) atoms. The number of carbonyl (C=O) groups excluding carboxylic acids is 2. The van der Waals surface area contributed by atoms with E-state index >= 15 is 0 Å². The molecule has 0 spiro atoms. The van der Waals surface area contributed by atoms with Crippen LogP contribution < -0.4 is 11.1 Å². The van der Waals surface area contributed by atoms with Crippen molar-refractivity contribution in [3.8, 4) is 0 Å². The van der Waals surface area contributed by atoms with E-state index in [0.29, 0.717) is 0 Å². The van der Waals surface area contributed by atoms with Crippen LogP contribution in [-0.4, -0.2) is 23.0 Å². The Balaban J connectivity index is 2.84. The van der Waals surface area contributed by atoms with Crippen LogP contribution in [0.5, 0.6) is 0 Å². The van der Waals surface area contributed by atoms with E-state index in [1.807, 2.05) is 0 Å². The number of carbonyl (C=O) groups is 2. The maximum atomic E-state index is 13.7. The average molecular weight is 300 g/mol. The largest absolute Gasteiger partial charge is 0.383 e. The Hall–Kier alpha value is -2.02. The summed E-state index contributed by atoms with van der Waals surface area (Å²) in [6, 6.07) is 2.20. The maximum absolute atomic E-state index is 13.7. The van der Waals surface area contributed by atoms with Gasteiger partial charge < -0.3 is 16.2 Å². The van der Waals surface area contributed by atoms with E-state index in [1.54, 1.807) is 20.8 Å². The molecule has 0 fully saturated rings. The molecule has 0 aliphatic heterocycles. The minimum atomic E-state index is -1.36. The zero-order valence-corrected chi connectivity index (χ0v) is 12.0. The number of rotatable bonds is 4. The van der Waals surface area contributed by atoms with Crippen LogP contribution in [0.2, 0.25) is 0 Å². The number of aliphatic hydroxyl groups excluding tert-OH is 1. The molecule has 116 valence electrons. The molecule has 1 unspecified atom stereocenters. The van der Waals surface area contributed by atoms with Crippen LogP contribution in [-0.2, 0) is 11.3 Å². The summed E-state index contributed by atoms with van der Waals surface area (Å²) in [6.45, 7) is 4.69. The lowest BCUT2D eigenvalue weighted by Gasteiger charge is -2.24. The lowest BCUT2D eigenvalue weighted by molar-refractivity contribution is -0.134. The summed E-state index contributed by atoms with van der Waals surface area (Å²) in [4.78, 5) is 22.5. The Morgan fingerprint density at radius 3 is 2.33 bits per heavy atom. The molecule has 0 radical (unpaired) electrons. The molecule has 1 atom stereocenters. The number of hydrogen-bond donors (Lipinski definition) is 3. The summed E-state index contributed by atoms with van der Waals surface area (Å²) in [6.07, 6.45) is -1.28. The fourth-order valence-corrected chi connectivity index (χ4v) is 1.59. The van der Waals surface area contributed by atoms with Crippen molar-refractivity contribution in [2.24, 2.45) is 11.1 Å². The standard InChI is InChI=1S/C14H18F2N2O3/c1-14(2,3)11(19)13(21)18-6-7-4-5-8(12(17)20)10(16)9(7)15/h4-5,11,19H,6H2,1-3H3,(H2,17,20)(H,18,21). The van der Waals surface area contributed by atoms with Crippen molar-refractivity contribution >= 4 is 11.8 Å². The number of primary amides is 1. The van der Waals surface area contributed by atoms with Crippen molar-refractivity contribution in [1.82, 2.24) is 5.32 Å². The Bertz CT molecular complexity index is 568. The van der Waals surface area contributed by atoms with Gasteiger partial charge in [0.15, 0.2) is 11.6 Å². The highest BCUT2D eigenvalue weighted by Gasteiger charge is 2.29. The summed E-state index contributed by atoms with van der Waals surface area (Å²) in [7, 11) is 0. The quantitative estimate of drug-likeness (QED) is 0.777. The molecule has 0 aliphatic rings. The maximum Gasteiger partial charge on any atom is 0.251 e. The summed E-state index contributed by atoms with van der Waals surface area (Å²) in [5.74, 6) is -4.38. The number of amides is 2. The van der Waals surface area contributed by atoms with Gasteiger partial charge in [0.25, 0.3) is 5.91 Å². The van der Waals surface area contributed by atoms with Crippen molar-refractivity contribution in [2.45, 2.75) is 33.4 Å². The van der Waals surface area contributed by atoms with Gasteiger partial charge in [0.05, 0.1) is 5.56 Å². The molecule has 1 rings (SSSR count). The second-order valence-corrected chi connectivity index (χ2v) is 5.75. The lowest BCUT2D eigenvalue weighted by atomic mass is 9.88. The van der Waals surface area contributed by atoms with Crippen molar-refractivity contribution in [3.63, 3.8) is 0 Å². The highest BCUT2D eigenvalue weighted by Crippen LogP contribution is 2.20. The van der Waals surface area contributed by atoms with Crippen molar-refractivity contribution in [2.75, 3.05) is 0 Å². The van der Waals surface area contributed by atoms with Crippen LogP contribution in [0.3, 0.4) is 0 Å². The molecule has 1 aromatic carbocycles. The molecule has 1 aromatic rings. The van der Waals surface area contributed by atoms with Crippen LogP contribution in [0.1, 0.15) is 36.7 Å². The minimum Gasteiger partial charge on any atom is -0.383 e. The first-order valence-electron chi connectivity index (χ1n) is 6.28. The fraction of sp³-hybridized carbons (Fsp3) is 0.429. The Morgan fingerprint density at radius 2 is 1.86 bits per heavy atom. The van der Waals surface area contributed by atoms with Crippen molar-refractivity contribution < 1.29 is 23.5 Å². The van der Waals surface area contributed by atoms with E-state index in [0.717, 1.165) is 12.1 Å². The number of nitrogens with two attached hydrogens (primary N) is 1. The first-order chi connectivity index (χ1) is 9.55. The monoisotopic (exact) mass is 300 g/mol. The van der Waals surface area contributed by atoms with Gasteiger partial charge in [0.2, 0.25) is 5.91 Å². The summed E-state index contributed by atoms with van der Waals surface area (Å²) >= 11 is 0. The Morgan fingerprint density at radius 1 is 1.29 bits per heavy atom. The number of benzene rings is 1. The zero-order chi connectivity index (χ0) is 16.4. The van der Waals surface area contributed by atoms with Gasteiger partial charge >= 0.3 is 0 Å². The van der Waals surface area contributed by atoms with Gasteiger partial charge in [-0.25, -0.2) is 8.78 Å². The number of hydrogen-bond acceptors (Lipinski definition) is 3. The second-order valence-electron chi connectivity index (χ2n) is 5.75. The predicted molar refractivity (Wildman–Crippen MR) is 72.2 cm³/mol. The van der Waals surface area contributed by atoms with Gasteiger partial charge in [-0.1, -0.05) is 26.8 Å². The normalized spacial score (nSPS) is 12.9. The SMILES string of the molecule is CC(C)(C)C(O)C(=O)NCc1ccc(C(N)=O)c(F)c1F. The van der Waals surface area contributed by atoms with Crippen LogP contribution in [0.25, 0.3) is 0 Å². The highest BCUT2D eigenvalue weighted by molar-refractivity contribution is 5.93. The van der Waals surface area contributed by atoms with Crippen LogP contribution >= 0.6 is 0 Å². The predicted octanol–water partition coefficient (Wildman–Crippen LogP) is 1.09. The lowest BCUT2D eigenvalue weighted by Crippen LogP contribution is -2.42. The van der Waals surface area contributed by atoms with Crippen LogP contribution in [0.15, 0.2) is 12.1 Å². The number of aliphatic hydroxyl groups is 1. The van der Waals surface area contributed by atoms with E-state index in [9.17, 15) is 23.5 Å². The van der Waals surface area contributed by atoms with Gasteiger partial charge in [0.1, 0.15) is 6.10 Å². The van der Waals surface area contributed by atoms with Gasteiger partial charge in [0, 0.05) is 12.1 Å². The molecule has 4 N–H and O–H groups in total. The topological polar surface area (TPSA) is 92.4 Å². The third-order valence-electron chi connectivity index (χ3n) is 2.95. The molecule has 0 bridgehead atoms. The summed E-state index contributed by atoms with van der Waals surface area (Å²) < 4.78 is 27.3. The Kier molecular flexibility index (Phi) is 5.01. The van der Waals surface area contributed by atoms with Gasteiger partial charge in [-0.05, 0) is 11.5 Å². The third kappa shape index (κ3) is 3.98. The molecular formula is C14H18F2N2O3. The first-order valence-corrected chi connectivity index (χ1v) is 6.28. The minimum absolute atomic E-state index is 0.146. The average Bonchev–Trinajstić information content (AvgIpc) is 2.37. The van der Waals surface area contributed by atoms with Gasteiger partial charge in [-0.15, -0.1) is 0 Å². The van der Waals surface area contributed by atoms with Gasteiger partial charge in [-0.3, -0.25) is 9.59 Å². The van der Waals surface area contributed by atoms with E-state index in [4.69, 9.17) is 5.73 Å². The summed E-state index contributed by atoms with van der Waals surface area (Å²) in [5.41, 5.74) is 3.51. The molecule has 2 amide bonds. The number of nitrogens with one attached hydrogen (secondary N) is 1. The molecule has 0 aliphatic carbocycles. The van der Waals surface area contributed by atoms with Crippen molar-refractivity contribution in [3.05, 3.63) is 34.9 Å². The van der Waals surface area contributed by atoms with E-state index in [-0.39, 0.29) is 12.1 Å². The van der Waals surface area contributed by atoms with E-state index in [2.05, 4.69) is 5.32 Å². The van der Waals surface area contributed by atoms with E-state index < -0.39 is 40.5 Å². The molecule has 0 heterocycles. The molecule has 7 heteroatoms. The molecule has 0 aromatic heterocycles. The number of halogens is 2. The van der Waals surface area contributed by atoms with E-state index in [1.165, 1.54) is 0 Å². The zero-order valence-electron chi connectivity index (χ0n) is 12.0. The smallest absolute Gasteiger partial charge is 0.251 e. The summed E-state index contributed by atoms with van der Waals surface area (Å²) in [5, 5.41) is 12.0. The molecule has 0 saturated carbocycles. The third-order valence-corrected chi connectivity index (χ3v) is 2.95. The van der Waals surface area contributed by atoms with Crippen LogP contribution in [0.4, 0.5) is 8.78 Å². The second kappa shape index (κ2) is 6.17.